The van der Waals surface area contributed by atoms with Crippen LogP contribution in [0.2, 0.25) is 0 Å². The van der Waals surface area contributed by atoms with E-state index in [2.05, 4.69) is 27.8 Å². The number of hydrogen-bond acceptors (Lipinski definition) is 9. The van der Waals surface area contributed by atoms with Gasteiger partial charge in [-0.15, -0.1) is 11.3 Å². The number of fused-ring (bicyclic) bond motifs is 1. The average molecular weight is 607 g/mol. The average Bonchev–Trinajstić information content (AvgIpc) is 3.71. The van der Waals surface area contributed by atoms with Gasteiger partial charge in [0, 0.05) is 64.0 Å². The number of ether oxygens (including phenoxy) is 1. The molecule has 4 heterocycles. The van der Waals surface area contributed by atoms with Crippen molar-refractivity contribution in [2.24, 2.45) is 5.92 Å². The van der Waals surface area contributed by atoms with Crippen molar-refractivity contribution in [3.63, 3.8) is 0 Å². The van der Waals surface area contributed by atoms with Gasteiger partial charge in [0.1, 0.15) is 11.5 Å². The molecule has 0 amide bonds. The summed E-state index contributed by atoms with van der Waals surface area (Å²) in [7, 11) is 0. The quantitative estimate of drug-likeness (QED) is 0.221. The maximum absolute atomic E-state index is 14.9. The van der Waals surface area contributed by atoms with Gasteiger partial charge >= 0.3 is 6.15 Å². The van der Waals surface area contributed by atoms with Crippen LogP contribution in [-0.4, -0.2) is 64.4 Å². The third-order valence-corrected chi connectivity index (χ3v) is 8.88. The molecule has 0 atom stereocenters. The SMILES string of the molecule is CCN1CCN(Cc2ccc(-c3cc4nccc(Oc5ccc(CC(=O)CC6CC6)c(F)c5F)c4s3)nc2)CC1.O=C=O. The number of thiophene rings is 1. The molecule has 0 bridgehead atoms. The minimum absolute atomic E-state index is 0.0616. The zero-order valence-corrected chi connectivity index (χ0v) is 24.7. The van der Waals surface area contributed by atoms with Gasteiger partial charge in [-0.05, 0) is 54.6 Å². The van der Waals surface area contributed by atoms with Crippen molar-refractivity contribution >= 4 is 33.5 Å². The van der Waals surface area contributed by atoms with Gasteiger partial charge in [0.2, 0.25) is 5.82 Å². The molecule has 2 aliphatic rings. The van der Waals surface area contributed by atoms with Crippen molar-refractivity contribution in [2.75, 3.05) is 32.7 Å². The Hall–Kier alpha value is -3.89. The van der Waals surface area contributed by atoms with E-state index < -0.39 is 11.6 Å². The summed E-state index contributed by atoms with van der Waals surface area (Å²) in [5.41, 5.74) is 2.75. The van der Waals surface area contributed by atoms with Gasteiger partial charge in [-0.2, -0.15) is 14.0 Å². The summed E-state index contributed by atoms with van der Waals surface area (Å²) in [5.74, 6) is -1.61. The van der Waals surface area contributed by atoms with Crippen LogP contribution in [0.1, 0.15) is 37.3 Å². The molecule has 0 spiro atoms. The fourth-order valence-electron chi connectivity index (χ4n) is 5.14. The van der Waals surface area contributed by atoms with Gasteiger partial charge < -0.3 is 9.64 Å². The first kappa shape index (κ1) is 30.6. The Labute approximate surface area is 252 Å². The molecule has 1 aromatic carbocycles. The Morgan fingerprint density at radius 3 is 2.42 bits per heavy atom. The largest absolute Gasteiger partial charge is 0.453 e. The number of carbonyl (C=O) groups is 1. The van der Waals surface area contributed by atoms with Gasteiger partial charge in [-0.3, -0.25) is 19.7 Å². The summed E-state index contributed by atoms with van der Waals surface area (Å²) in [5, 5.41) is 0. The monoisotopic (exact) mass is 606 g/mol. The van der Waals surface area contributed by atoms with Crippen LogP contribution in [0.15, 0.2) is 48.8 Å². The van der Waals surface area contributed by atoms with Gasteiger partial charge in [0.05, 0.1) is 20.8 Å². The topological polar surface area (TPSA) is 92.7 Å². The standard InChI is InChI=1S/C31H32F2N4O2S.CO2/c1-2-36-11-13-37(14-12-36)19-21-5-7-24(35-18-21)28-17-25-31(40-28)27(9-10-34-25)39-26-8-6-22(29(32)30(26)33)16-23(38)15-20-3-4-20;2-1-3/h5-10,17-18,20H,2-4,11-16,19H2,1H3;. The molecule has 0 radical (unpaired) electrons. The van der Waals surface area contributed by atoms with Crippen LogP contribution in [0.3, 0.4) is 0 Å². The van der Waals surface area contributed by atoms with Crippen LogP contribution in [0.4, 0.5) is 8.78 Å². The van der Waals surface area contributed by atoms with Crippen LogP contribution in [0, 0.1) is 17.6 Å². The van der Waals surface area contributed by atoms with E-state index in [1.54, 1.807) is 12.3 Å². The van der Waals surface area contributed by atoms with E-state index in [4.69, 9.17) is 19.3 Å². The predicted octanol–water partition coefficient (Wildman–Crippen LogP) is 5.89. The molecule has 6 rings (SSSR count). The zero-order chi connectivity index (χ0) is 30.3. The summed E-state index contributed by atoms with van der Waals surface area (Å²) in [6.45, 7) is 8.50. The summed E-state index contributed by atoms with van der Waals surface area (Å²) in [4.78, 5) is 43.4. The Morgan fingerprint density at radius 2 is 1.74 bits per heavy atom. The van der Waals surface area contributed by atoms with Gasteiger partial charge in [0.15, 0.2) is 11.6 Å². The zero-order valence-electron chi connectivity index (χ0n) is 23.9. The molecular weight excluding hydrogens is 574 g/mol. The van der Waals surface area contributed by atoms with Crippen molar-refractivity contribution in [2.45, 2.75) is 39.2 Å². The fourth-order valence-corrected chi connectivity index (χ4v) is 6.18. The molecule has 3 aromatic heterocycles. The summed E-state index contributed by atoms with van der Waals surface area (Å²) in [6.07, 6.45) is 6.17. The summed E-state index contributed by atoms with van der Waals surface area (Å²) in [6, 6.07) is 10.5. The van der Waals surface area contributed by atoms with E-state index in [-0.39, 0.29) is 29.7 Å². The molecule has 1 aliphatic heterocycles. The lowest BCUT2D eigenvalue weighted by Crippen LogP contribution is -2.45. The highest BCUT2D eigenvalue weighted by Gasteiger charge is 2.26. The third-order valence-electron chi connectivity index (χ3n) is 7.72. The Kier molecular flexibility index (Phi) is 9.99. The van der Waals surface area contributed by atoms with E-state index in [1.807, 2.05) is 18.3 Å². The molecule has 11 heteroatoms. The molecule has 1 aliphatic carbocycles. The number of benzene rings is 1. The number of ketones is 1. The second-order valence-corrected chi connectivity index (χ2v) is 11.8. The molecule has 1 saturated carbocycles. The normalized spacial score (nSPS) is 15.5. The number of aromatic nitrogens is 2. The number of Topliss-reactive ketones (excluding diaryl/α,β-unsaturated/α-hetero) is 1. The lowest BCUT2D eigenvalue weighted by atomic mass is 10.0. The van der Waals surface area contributed by atoms with Gasteiger partial charge in [-0.25, -0.2) is 4.39 Å². The predicted molar refractivity (Wildman–Crippen MR) is 158 cm³/mol. The highest BCUT2D eigenvalue weighted by atomic mass is 32.1. The number of hydrogen-bond donors (Lipinski definition) is 0. The fraction of sp³-hybridized carbons (Fsp3) is 0.375. The van der Waals surface area contributed by atoms with E-state index in [0.717, 1.165) is 67.4 Å². The first-order valence-corrected chi connectivity index (χ1v) is 15.1. The maximum Gasteiger partial charge on any atom is 0.373 e. The summed E-state index contributed by atoms with van der Waals surface area (Å²) < 4.78 is 36.3. The molecule has 1 saturated heterocycles. The first-order valence-electron chi connectivity index (χ1n) is 14.3. The maximum atomic E-state index is 14.9. The minimum Gasteiger partial charge on any atom is -0.453 e. The third kappa shape index (κ3) is 7.74. The number of carbonyl (C=O) groups excluding carboxylic acids is 3. The molecule has 0 unspecified atom stereocenters. The lowest BCUT2D eigenvalue weighted by Gasteiger charge is -2.33. The number of nitrogens with zero attached hydrogens (tertiary/aromatic N) is 4. The van der Waals surface area contributed by atoms with Crippen molar-refractivity contribution < 1.29 is 27.9 Å². The van der Waals surface area contributed by atoms with Crippen LogP contribution in [0.25, 0.3) is 20.8 Å². The molecule has 0 N–H and O–H groups in total. The van der Waals surface area contributed by atoms with Crippen molar-refractivity contribution in [3.8, 4) is 22.1 Å². The molecule has 4 aromatic rings. The number of halogens is 2. The summed E-state index contributed by atoms with van der Waals surface area (Å²) >= 11 is 1.45. The Morgan fingerprint density at radius 1 is 1.00 bits per heavy atom. The molecule has 8 nitrogen and oxygen atoms in total. The minimum atomic E-state index is -1.09. The van der Waals surface area contributed by atoms with Gasteiger partial charge in [-0.1, -0.05) is 19.1 Å². The Bertz CT molecular complexity index is 1610. The molecule has 2 fully saturated rings. The number of rotatable bonds is 10. The number of pyridine rings is 2. The Balaban J connectivity index is 0.00000118. The number of likely N-dealkylation sites (N-methyl/N-ethyl adjacent to an activating group) is 1. The van der Waals surface area contributed by atoms with Gasteiger partial charge in [0.25, 0.3) is 0 Å². The van der Waals surface area contributed by atoms with Crippen molar-refractivity contribution in [1.29, 1.82) is 0 Å². The van der Waals surface area contributed by atoms with E-state index in [9.17, 15) is 13.6 Å². The second kappa shape index (κ2) is 14.1. The van der Waals surface area contributed by atoms with Crippen molar-refractivity contribution in [1.82, 2.24) is 19.8 Å². The highest BCUT2D eigenvalue weighted by Crippen LogP contribution is 2.39. The van der Waals surface area contributed by atoms with Crippen LogP contribution < -0.4 is 4.74 Å². The van der Waals surface area contributed by atoms with Crippen molar-refractivity contribution in [3.05, 3.63) is 71.6 Å². The molecular formula is C32H32F2N4O4S. The van der Waals surface area contributed by atoms with E-state index in [0.29, 0.717) is 23.6 Å². The lowest BCUT2D eigenvalue weighted by molar-refractivity contribution is -0.191. The highest BCUT2D eigenvalue weighted by molar-refractivity contribution is 7.22. The molecule has 43 heavy (non-hydrogen) atoms. The van der Waals surface area contributed by atoms with E-state index in [1.165, 1.54) is 29.0 Å². The smallest absolute Gasteiger partial charge is 0.373 e. The molecule has 224 valence electrons. The van der Waals surface area contributed by atoms with Crippen LogP contribution in [-0.2, 0) is 27.3 Å². The second-order valence-electron chi connectivity index (χ2n) is 10.8. The van der Waals surface area contributed by atoms with E-state index >= 15 is 0 Å². The van der Waals surface area contributed by atoms with Crippen LogP contribution in [0.5, 0.6) is 11.5 Å². The first-order chi connectivity index (χ1) is 20.9. The van der Waals surface area contributed by atoms with Crippen LogP contribution >= 0.6 is 11.3 Å². The number of piperazine rings is 1.